The number of nitrogens with one attached hydrogen (secondary N) is 1. The number of hydrogen-bond acceptors (Lipinski definition) is 2. The van der Waals surface area contributed by atoms with Crippen LogP contribution in [0.4, 0.5) is 0 Å². The first-order valence-electron chi connectivity index (χ1n) is 7.42. The van der Waals surface area contributed by atoms with E-state index in [9.17, 15) is 4.79 Å². The van der Waals surface area contributed by atoms with Gasteiger partial charge < -0.3 is 10.1 Å². The number of carbonyl (C=O) groups is 1. The zero-order valence-electron chi connectivity index (χ0n) is 12.8. The molecule has 0 aliphatic carbocycles. The smallest absolute Gasteiger partial charge is 0.243 e. The molecule has 114 valence electrons. The normalized spacial score (nSPS) is 10.6. The lowest BCUT2D eigenvalue weighted by atomic mass is 10.1. The summed E-state index contributed by atoms with van der Waals surface area (Å²) in [7, 11) is 1.63. The summed E-state index contributed by atoms with van der Waals surface area (Å²) in [6.45, 7) is 0.681. The standard InChI is InChI=1S/C19H21NO2/c1-22-18-12-9-17(10-13-18)11-14-19(21)20-15-5-8-16-6-3-2-4-7-16/h2-4,6-7,9-14H,5,8,15H2,1H3,(H,20,21)/b14-11+. The van der Waals surface area contributed by atoms with Gasteiger partial charge in [0.2, 0.25) is 5.91 Å². The second kappa shape index (κ2) is 8.67. The van der Waals surface area contributed by atoms with Crippen LogP contribution in [0.1, 0.15) is 17.5 Å². The number of aryl methyl sites for hydroxylation is 1. The number of benzene rings is 2. The molecule has 0 atom stereocenters. The second-order valence-electron chi connectivity index (χ2n) is 4.99. The average molecular weight is 295 g/mol. The zero-order valence-corrected chi connectivity index (χ0v) is 12.8. The van der Waals surface area contributed by atoms with E-state index in [4.69, 9.17) is 4.74 Å². The van der Waals surface area contributed by atoms with Gasteiger partial charge in [0.1, 0.15) is 5.75 Å². The Balaban J connectivity index is 1.69. The first-order chi connectivity index (χ1) is 10.8. The molecule has 3 nitrogen and oxygen atoms in total. The van der Waals surface area contributed by atoms with Crippen LogP contribution in [0.3, 0.4) is 0 Å². The zero-order chi connectivity index (χ0) is 15.6. The molecule has 0 saturated heterocycles. The van der Waals surface area contributed by atoms with Crippen LogP contribution in [0.5, 0.6) is 5.75 Å². The lowest BCUT2D eigenvalue weighted by Crippen LogP contribution is -2.22. The van der Waals surface area contributed by atoms with Crippen LogP contribution in [0, 0.1) is 0 Å². The maximum atomic E-state index is 11.7. The summed E-state index contributed by atoms with van der Waals surface area (Å²) in [4.78, 5) is 11.7. The van der Waals surface area contributed by atoms with Crippen LogP contribution >= 0.6 is 0 Å². The van der Waals surface area contributed by atoms with Gasteiger partial charge in [-0.05, 0) is 42.2 Å². The van der Waals surface area contributed by atoms with Gasteiger partial charge >= 0.3 is 0 Å². The van der Waals surface area contributed by atoms with Crippen molar-refractivity contribution in [3.05, 3.63) is 71.8 Å². The van der Waals surface area contributed by atoms with Gasteiger partial charge in [-0.1, -0.05) is 42.5 Å². The molecule has 0 fully saturated rings. The van der Waals surface area contributed by atoms with Crippen molar-refractivity contribution >= 4 is 12.0 Å². The van der Waals surface area contributed by atoms with Crippen LogP contribution in [0.25, 0.3) is 6.08 Å². The Hall–Kier alpha value is -2.55. The van der Waals surface area contributed by atoms with Crippen LogP contribution in [0.15, 0.2) is 60.7 Å². The minimum absolute atomic E-state index is 0.0659. The molecule has 3 heteroatoms. The number of carbonyl (C=O) groups excluding carboxylic acids is 1. The molecule has 0 bridgehead atoms. The van der Waals surface area contributed by atoms with Crippen LogP contribution in [-0.4, -0.2) is 19.6 Å². The Morgan fingerprint density at radius 1 is 1.09 bits per heavy atom. The highest BCUT2D eigenvalue weighted by molar-refractivity contribution is 5.91. The van der Waals surface area contributed by atoms with Crippen molar-refractivity contribution in [2.75, 3.05) is 13.7 Å². The van der Waals surface area contributed by atoms with Crippen molar-refractivity contribution in [1.29, 1.82) is 0 Å². The topological polar surface area (TPSA) is 38.3 Å². The van der Waals surface area contributed by atoms with E-state index in [1.54, 1.807) is 19.3 Å². The van der Waals surface area contributed by atoms with Gasteiger partial charge in [-0.15, -0.1) is 0 Å². The molecular weight excluding hydrogens is 274 g/mol. The van der Waals surface area contributed by atoms with Crippen molar-refractivity contribution in [3.63, 3.8) is 0 Å². The minimum Gasteiger partial charge on any atom is -0.497 e. The first kappa shape index (κ1) is 15.8. The molecule has 0 radical (unpaired) electrons. The summed E-state index contributed by atoms with van der Waals surface area (Å²) in [5, 5.41) is 2.90. The lowest BCUT2D eigenvalue weighted by molar-refractivity contribution is -0.116. The predicted octanol–water partition coefficient (Wildman–Crippen LogP) is 3.46. The molecule has 0 aliphatic rings. The average Bonchev–Trinajstić information content (AvgIpc) is 2.58. The van der Waals surface area contributed by atoms with Gasteiger partial charge in [-0.25, -0.2) is 0 Å². The molecule has 0 spiro atoms. The fourth-order valence-corrected chi connectivity index (χ4v) is 2.09. The molecule has 0 unspecified atom stereocenters. The quantitative estimate of drug-likeness (QED) is 0.627. The first-order valence-corrected chi connectivity index (χ1v) is 7.42. The Morgan fingerprint density at radius 2 is 1.82 bits per heavy atom. The van der Waals surface area contributed by atoms with E-state index in [2.05, 4.69) is 17.4 Å². The minimum atomic E-state index is -0.0659. The third-order valence-electron chi connectivity index (χ3n) is 3.33. The van der Waals surface area contributed by atoms with Gasteiger partial charge in [0.05, 0.1) is 7.11 Å². The largest absolute Gasteiger partial charge is 0.497 e. The Morgan fingerprint density at radius 3 is 2.50 bits per heavy atom. The number of methoxy groups -OCH3 is 1. The molecule has 1 amide bonds. The summed E-state index contributed by atoms with van der Waals surface area (Å²) in [6, 6.07) is 17.9. The number of rotatable bonds is 7. The lowest BCUT2D eigenvalue weighted by Gasteiger charge is -2.03. The third kappa shape index (κ3) is 5.44. The summed E-state index contributed by atoms with van der Waals surface area (Å²) < 4.78 is 5.09. The highest BCUT2D eigenvalue weighted by atomic mass is 16.5. The molecule has 0 aliphatic heterocycles. The summed E-state index contributed by atoms with van der Waals surface area (Å²) in [6.07, 6.45) is 5.27. The maximum Gasteiger partial charge on any atom is 0.243 e. The van der Waals surface area contributed by atoms with Crippen molar-refractivity contribution in [3.8, 4) is 5.75 Å². The van der Waals surface area contributed by atoms with Crippen LogP contribution < -0.4 is 10.1 Å². The van der Waals surface area contributed by atoms with Crippen LogP contribution in [-0.2, 0) is 11.2 Å². The Bertz CT molecular complexity index is 603. The van der Waals surface area contributed by atoms with E-state index in [-0.39, 0.29) is 5.91 Å². The summed E-state index contributed by atoms with van der Waals surface area (Å²) >= 11 is 0. The van der Waals surface area contributed by atoms with Gasteiger partial charge in [0, 0.05) is 12.6 Å². The summed E-state index contributed by atoms with van der Waals surface area (Å²) in [5.74, 6) is 0.742. The Labute approximate surface area is 131 Å². The molecule has 0 heterocycles. The molecule has 2 aromatic carbocycles. The third-order valence-corrected chi connectivity index (χ3v) is 3.33. The molecule has 0 aromatic heterocycles. The van der Waals surface area contributed by atoms with Gasteiger partial charge in [0.15, 0.2) is 0 Å². The molecule has 2 rings (SSSR count). The highest BCUT2D eigenvalue weighted by Crippen LogP contribution is 2.12. The molecule has 0 saturated carbocycles. The summed E-state index contributed by atoms with van der Waals surface area (Å²) in [5.41, 5.74) is 2.27. The molecule has 2 aromatic rings. The molecule has 22 heavy (non-hydrogen) atoms. The maximum absolute atomic E-state index is 11.7. The van der Waals surface area contributed by atoms with E-state index in [0.29, 0.717) is 6.54 Å². The second-order valence-corrected chi connectivity index (χ2v) is 4.99. The van der Waals surface area contributed by atoms with E-state index < -0.39 is 0 Å². The van der Waals surface area contributed by atoms with E-state index >= 15 is 0 Å². The van der Waals surface area contributed by atoms with Crippen molar-refractivity contribution in [1.82, 2.24) is 5.32 Å². The van der Waals surface area contributed by atoms with Crippen LogP contribution in [0.2, 0.25) is 0 Å². The van der Waals surface area contributed by atoms with Crippen molar-refractivity contribution in [2.24, 2.45) is 0 Å². The molecular formula is C19H21NO2. The van der Waals surface area contributed by atoms with Crippen molar-refractivity contribution < 1.29 is 9.53 Å². The number of hydrogen-bond donors (Lipinski definition) is 1. The fraction of sp³-hybridized carbons (Fsp3) is 0.211. The van der Waals surface area contributed by atoms with E-state index in [1.165, 1.54) is 5.56 Å². The molecule has 1 N–H and O–H groups in total. The van der Waals surface area contributed by atoms with E-state index in [1.807, 2.05) is 42.5 Å². The number of ether oxygens (including phenoxy) is 1. The monoisotopic (exact) mass is 295 g/mol. The van der Waals surface area contributed by atoms with E-state index in [0.717, 1.165) is 24.2 Å². The Kier molecular flexibility index (Phi) is 6.24. The highest BCUT2D eigenvalue weighted by Gasteiger charge is 1.96. The van der Waals surface area contributed by atoms with Gasteiger partial charge in [-0.2, -0.15) is 0 Å². The fourth-order valence-electron chi connectivity index (χ4n) is 2.09. The van der Waals surface area contributed by atoms with Gasteiger partial charge in [0.25, 0.3) is 0 Å². The SMILES string of the molecule is COc1ccc(/C=C/C(=O)NCCCc2ccccc2)cc1. The predicted molar refractivity (Wildman–Crippen MR) is 89.8 cm³/mol. The van der Waals surface area contributed by atoms with Crippen molar-refractivity contribution in [2.45, 2.75) is 12.8 Å². The number of amides is 1. The van der Waals surface area contributed by atoms with Gasteiger partial charge in [-0.3, -0.25) is 4.79 Å².